The van der Waals surface area contributed by atoms with Gasteiger partial charge in [0.2, 0.25) is 0 Å². The zero-order chi connectivity index (χ0) is 14.6. The minimum atomic E-state index is -1.15. The molecule has 0 aliphatic carbocycles. The Morgan fingerprint density at radius 2 is 1.60 bits per heavy atom. The molecule has 0 bridgehead atoms. The molecule has 20 heavy (non-hydrogen) atoms. The predicted octanol–water partition coefficient (Wildman–Crippen LogP) is 3.09. The van der Waals surface area contributed by atoms with E-state index in [1.54, 1.807) is 19.1 Å². The number of carbonyl (C=O) groups is 1. The second-order valence-corrected chi connectivity index (χ2v) is 6.25. The molecule has 104 valence electrons. The molecule has 2 aromatic carbocycles. The van der Waals surface area contributed by atoms with Crippen molar-refractivity contribution in [1.29, 1.82) is 0 Å². The maximum atomic E-state index is 12.1. The maximum absolute atomic E-state index is 12.1. The third kappa shape index (κ3) is 3.37. The van der Waals surface area contributed by atoms with E-state index in [2.05, 4.69) is 5.32 Å². The van der Waals surface area contributed by atoms with Crippen molar-refractivity contribution in [3.05, 3.63) is 71.8 Å². The number of hydrogen-bond acceptors (Lipinski definition) is 2. The SMILES string of the molecule is CC(NC(=O)c1ccccc1)C(O)(I)c1ccccc1. The summed E-state index contributed by atoms with van der Waals surface area (Å²) < 4.78 is -1.15. The second kappa shape index (κ2) is 6.37. The van der Waals surface area contributed by atoms with Crippen LogP contribution in [0.3, 0.4) is 0 Å². The van der Waals surface area contributed by atoms with Gasteiger partial charge in [-0.25, -0.2) is 0 Å². The molecule has 0 heterocycles. The lowest BCUT2D eigenvalue weighted by atomic mass is 10.0. The third-order valence-corrected chi connectivity index (χ3v) is 4.69. The molecule has 1 amide bonds. The molecular weight excluding hydrogens is 365 g/mol. The van der Waals surface area contributed by atoms with E-state index in [9.17, 15) is 9.90 Å². The van der Waals surface area contributed by atoms with Gasteiger partial charge >= 0.3 is 0 Å². The molecule has 2 aromatic rings. The van der Waals surface area contributed by atoms with E-state index in [4.69, 9.17) is 0 Å². The molecule has 4 heteroatoms. The van der Waals surface area contributed by atoms with Crippen molar-refractivity contribution < 1.29 is 9.90 Å². The predicted molar refractivity (Wildman–Crippen MR) is 87.7 cm³/mol. The van der Waals surface area contributed by atoms with Gasteiger partial charge in [-0.2, -0.15) is 0 Å². The Hall–Kier alpha value is -1.40. The van der Waals surface area contributed by atoms with Gasteiger partial charge in [0.1, 0.15) is 0 Å². The Morgan fingerprint density at radius 3 is 2.15 bits per heavy atom. The topological polar surface area (TPSA) is 49.3 Å². The van der Waals surface area contributed by atoms with Crippen LogP contribution in [0, 0.1) is 0 Å². The van der Waals surface area contributed by atoms with E-state index in [0.29, 0.717) is 5.56 Å². The number of hydrogen-bond donors (Lipinski definition) is 2. The zero-order valence-corrected chi connectivity index (χ0v) is 13.2. The highest BCUT2D eigenvalue weighted by Crippen LogP contribution is 2.32. The van der Waals surface area contributed by atoms with Crippen LogP contribution in [0.2, 0.25) is 0 Å². The number of alkyl halides is 1. The van der Waals surface area contributed by atoms with Crippen molar-refractivity contribution in [2.75, 3.05) is 0 Å². The summed E-state index contributed by atoms with van der Waals surface area (Å²) in [6, 6.07) is 17.9. The lowest BCUT2D eigenvalue weighted by Crippen LogP contribution is -2.45. The molecule has 0 saturated heterocycles. The summed E-state index contributed by atoms with van der Waals surface area (Å²) in [5.41, 5.74) is 1.35. The van der Waals surface area contributed by atoms with Gasteiger partial charge in [0.25, 0.3) is 5.91 Å². The van der Waals surface area contributed by atoms with Crippen molar-refractivity contribution in [1.82, 2.24) is 5.32 Å². The molecule has 0 spiro atoms. The maximum Gasteiger partial charge on any atom is 0.251 e. The Morgan fingerprint density at radius 1 is 1.10 bits per heavy atom. The number of carbonyl (C=O) groups excluding carboxylic acids is 1. The third-order valence-electron chi connectivity index (χ3n) is 3.14. The number of benzene rings is 2. The van der Waals surface area contributed by atoms with Crippen LogP contribution < -0.4 is 5.32 Å². The largest absolute Gasteiger partial charge is 0.373 e. The molecule has 0 aliphatic rings. The van der Waals surface area contributed by atoms with Gasteiger partial charge in [-0.15, -0.1) is 0 Å². The first-order valence-electron chi connectivity index (χ1n) is 6.34. The van der Waals surface area contributed by atoms with Crippen LogP contribution >= 0.6 is 22.6 Å². The highest BCUT2D eigenvalue weighted by Gasteiger charge is 2.33. The zero-order valence-electron chi connectivity index (χ0n) is 11.1. The summed E-state index contributed by atoms with van der Waals surface area (Å²) in [5, 5.41) is 13.5. The second-order valence-electron chi connectivity index (χ2n) is 4.60. The van der Waals surface area contributed by atoms with Crippen molar-refractivity contribution >= 4 is 28.5 Å². The van der Waals surface area contributed by atoms with E-state index in [1.807, 2.05) is 71.1 Å². The molecule has 0 aliphatic heterocycles. The van der Waals surface area contributed by atoms with Crippen molar-refractivity contribution in [3.8, 4) is 0 Å². The van der Waals surface area contributed by atoms with Gasteiger partial charge in [-0.1, -0.05) is 48.5 Å². The fourth-order valence-corrected chi connectivity index (χ4v) is 2.40. The van der Waals surface area contributed by atoms with E-state index in [1.165, 1.54) is 0 Å². The lowest BCUT2D eigenvalue weighted by Gasteiger charge is -2.29. The molecule has 0 saturated carbocycles. The molecular formula is C16H16INO2. The van der Waals surface area contributed by atoms with Gasteiger partial charge in [0, 0.05) is 5.56 Å². The number of aliphatic hydroxyl groups is 1. The van der Waals surface area contributed by atoms with Crippen LogP contribution in [0.5, 0.6) is 0 Å². The first-order valence-corrected chi connectivity index (χ1v) is 7.42. The van der Waals surface area contributed by atoms with Crippen LogP contribution in [0.25, 0.3) is 0 Å². The Kier molecular flexibility index (Phi) is 4.77. The Balaban J connectivity index is 2.12. The first-order chi connectivity index (χ1) is 9.51. The molecule has 2 N–H and O–H groups in total. The van der Waals surface area contributed by atoms with Gasteiger partial charge in [0.05, 0.1) is 6.04 Å². The van der Waals surface area contributed by atoms with Gasteiger partial charge in [-0.3, -0.25) is 4.79 Å². The fraction of sp³-hybridized carbons (Fsp3) is 0.188. The van der Waals surface area contributed by atoms with E-state index in [-0.39, 0.29) is 5.91 Å². The number of halogens is 1. The van der Waals surface area contributed by atoms with Gasteiger partial charge in [-0.05, 0) is 47.2 Å². The minimum Gasteiger partial charge on any atom is -0.373 e. The summed E-state index contributed by atoms with van der Waals surface area (Å²) in [6.45, 7) is 1.79. The molecule has 2 atom stereocenters. The summed E-state index contributed by atoms with van der Waals surface area (Å²) in [6.07, 6.45) is 0. The fourth-order valence-electron chi connectivity index (χ4n) is 1.89. The van der Waals surface area contributed by atoms with Crippen LogP contribution in [0.15, 0.2) is 60.7 Å². The van der Waals surface area contributed by atoms with Crippen molar-refractivity contribution in [3.63, 3.8) is 0 Å². The van der Waals surface area contributed by atoms with Gasteiger partial charge < -0.3 is 10.4 Å². The standard InChI is InChI=1S/C16H16INO2/c1-12(16(17,20)14-10-6-3-7-11-14)18-15(19)13-8-4-2-5-9-13/h2-12,20H,1H3,(H,18,19). The van der Waals surface area contributed by atoms with Gasteiger partial charge in [0.15, 0.2) is 3.61 Å². The average molecular weight is 381 g/mol. The summed E-state index contributed by atoms with van der Waals surface area (Å²) in [5.74, 6) is -0.191. The van der Waals surface area contributed by atoms with E-state index < -0.39 is 9.65 Å². The van der Waals surface area contributed by atoms with Crippen LogP contribution in [0.4, 0.5) is 0 Å². The first kappa shape index (κ1) is 15.0. The van der Waals surface area contributed by atoms with Crippen molar-refractivity contribution in [2.45, 2.75) is 16.6 Å². The number of amides is 1. The highest BCUT2D eigenvalue weighted by atomic mass is 127. The van der Waals surface area contributed by atoms with Crippen LogP contribution in [0.1, 0.15) is 22.8 Å². The van der Waals surface area contributed by atoms with Crippen LogP contribution in [-0.2, 0) is 3.61 Å². The number of rotatable bonds is 4. The summed E-state index contributed by atoms with van der Waals surface area (Å²) in [4.78, 5) is 12.1. The molecule has 0 radical (unpaired) electrons. The Labute approximate surface area is 132 Å². The summed E-state index contributed by atoms with van der Waals surface area (Å²) in [7, 11) is 0. The smallest absolute Gasteiger partial charge is 0.251 e. The highest BCUT2D eigenvalue weighted by molar-refractivity contribution is 14.1. The summed E-state index contributed by atoms with van der Waals surface area (Å²) >= 11 is 1.96. The molecule has 2 rings (SSSR count). The lowest BCUT2D eigenvalue weighted by molar-refractivity contribution is 0.0812. The minimum absolute atomic E-state index is 0.191. The monoisotopic (exact) mass is 381 g/mol. The van der Waals surface area contributed by atoms with Crippen molar-refractivity contribution in [2.24, 2.45) is 0 Å². The van der Waals surface area contributed by atoms with E-state index >= 15 is 0 Å². The molecule has 3 nitrogen and oxygen atoms in total. The normalized spacial score (nSPS) is 15.2. The Bertz CT molecular complexity index is 570. The molecule has 0 fully saturated rings. The quantitative estimate of drug-likeness (QED) is 0.632. The van der Waals surface area contributed by atoms with E-state index in [0.717, 1.165) is 5.56 Å². The molecule has 2 unspecified atom stereocenters. The molecule has 0 aromatic heterocycles. The van der Waals surface area contributed by atoms with Crippen LogP contribution in [-0.4, -0.2) is 17.1 Å². The number of nitrogens with one attached hydrogen (secondary N) is 1. The average Bonchev–Trinajstić information content (AvgIpc) is 2.49.